The van der Waals surface area contributed by atoms with Gasteiger partial charge in [-0.2, -0.15) is 5.10 Å². The quantitative estimate of drug-likeness (QED) is 0.371. The third-order valence-corrected chi connectivity index (χ3v) is 2.42. The zero-order valence-corrected chi connectivity index (χ0v) is 11.3. The number of nitrogens with one attached hydrogen (secondary N) is 2. The van der Waals surface area contributed by atoms with Gasteiger partial charge >= 0.3 is 0 Å². The van der Waals surface area contributed by atoms with Gasteiger partial charge in [0, 0.05) is 17.3 Å². The summed E-state index contributed by atoms with van der Waals surface area (Å²) in [7, 11) is 0. The van der Waals surface area contributed by atoms with Gasteiger partial charge in [0.2, 0.25) is 11.0 Å². The first-order valence-electron chi connectivity index (χ1n) is 5.65. The Morgan fingerprint density at radius 3 is 3.11 bits per heavy atom. The molecule has 0 radical (unpaired) electrons. The van der Waals surface area contributed by atoms with Crippen LogP contribution in [0.2, 0.25) is 0 Å². The Labute approximate surface area is 114 Å². The summed E-state index contributed by atoms with van der Waals surface area (Å²) in [6.45, 7) is 3.95. The molecule has 0 bridgehead atoms. The van der Waals surface area contributed by atoms with Crippen LogP contribution in [-0.2, 0) is 0 Å². The molecule has 1 aromatic carbocycles. The minimum absolute atomic E-state index is 0.239. The summed E-state index contributed by atoms with van der Waals surface area (Å²) in [5, 5.41) is 22.2. The van der Waals surface area contributed by atoms with Gasteiger partial charge in [-0.1, -0.05) is 0 Å². The van der Waals surface area contributed by atoms with E-state index in [9.17, 15) is 5.21 Å². The Kier molecular flexibility index (Phi) is 3.91. The monoisotopic (exact) mass is 279 g/mol. The summed E-state index contributed by atoms with van der Waals surface area (Å²) in [4.78, 5) is 0.352. The SMILES string of the molecule is CC(C)NC(=S)N/N=C/c1ccc2no[n+]([O-])c2c1. The molecule has 0 fully saturated rings. The number of benzene rings is 1. The van der Waals surface area contributed by atoms with E-state index in [2.05, 4.69) is 25.6 Å². The smallest absolute Gasteiger partial charge is 0.248 e. The van der Waals surface area contributed by atoms with Crippen LogP contribution in [-0.4, -0.2) is 22.5 Å². The molecule has 0 spiro atoms. The molecule has 0 unspecified atom stereocenters. The summed E-state index contributed by atoms with van der Waals surface area (Å²) in [6, 6.07) is 5.32. The molecule has 0 aliphatic rings. The number of aromatic nitrogens is 2. The van der Waals surface area contributed by atoms with Crippen molar-refractivity contribution in [2.24, 2.45) is 5.10 Å². The first-order valence-corrected chi connectivity index (χ1v) is 6.06. The van der Waals surface area contributed by atoms with E-state index in [1.807, 2.05) is 13.8 Å². The lowest BCUT2D eigenvalue weighted by Crippen LogP contribution is -2.36. The summed E-state index contributed by atoms with van der Waals surface area (Å²) in [5.74, 6) is 0. The summed E-state index contributed by atoms with van der Waals surface area (Å²) in [5.41, 5.74) is 4.27. The van der Waals surface area contributed by atoms with Gasteiger partial charge in [0.25, 0.3) is 0 Å². The van der Waals surface area contributed by atoms with Crippen LogP contribution in [0, 0.1) is 5.21 Å². The first-order chi connectivity index (χ1) is 9.06. The van der Waals surface area contributed by atoms with Crippen molar-refractivity contribution in [2.45, 2.75) is 19.9 Å². The number of fused-ring (bicyclic) bond motifs is 1. The van der Waals surface area contributed by atoms with E-state index in [0.717, 1.165) is 5.56 Å². The Morgan fingerprint density at radius 1 is 1.58 bits per heavy atom. The van der Waals surface area contributed by atoms with E-state index in [0.29, 0.717) is 21.0 Å². The fourth-order valence-electron chi connectivity index (χ4n) is 1.43. The van der Waals surface area contributed by atoms with Gasteiger partial charge in [0.05, 0.1) is 6.21 Å². The van der Waals surface area contributed by atoms with Crippen LogP contribution in [0.3, 0.4) is 0 Å². The summed E-state index contributed by atoms with van der Waals surface area (Å²) in [6.07, 6.45) is 1.56. The van der Waals surface area contributed by atoms with Crippen LogP contribution in [0.4, 0.5) is 0 Å². The zero-order chi connectivity index (χ0) is 13.8. The molecule has 100 valence electrons. The highest BCUT2D eigenvalue weighted by Gasteiger charge is 2.08. The molecule has 8 heteroatoms. The highest BCUT2D eigenvalue weighted by molar-refractivity contribution is 7.80. The third-order valence-electron chi connectivity index (χ3n) is 2.21. The highest BCUT2D eigenvalue weighted by atomic mass is 32.1. The van der Waals surface area contributed by atoms with Crippen molar-refractivity contribution in [1.82, 2.24) is 15.9 Å². The molecule has 0 atom stereocenters. The van der Waals surface area contributed by atoms with Crippen molar-refractivity contribution >= 4 is 34.6 Å². The predicted octanol–water partition coefficient (Wildman–Crippen LogP) is 0.668. The van der Waals surface area contributed by atoms with E-state index in [-0.39, 0.29) is 6.04 Å². The molecule has 0 saturated carbocycles. The molecule has 7 nitrogen and oxygen atoms in total. The van der Waals surface area contributed by atoms with E-state index in [1.165, 1.54) is 0 Å². The van der Waals surface area contributed by atoms with Crippen LogP contribution in [0.15, 0.2) is 27.9 Å². The molecule has 1 heterocycles. The first kappa shape index (κ1) is 13.2. The fraction of sp³-hybridized carbons (Fsp3) is 0.273. The number of hydrogen-bond acceptors (Lipinski definition) is 5. The molecule has 0 aliphatic carbocycles. The average Bonchev–Trinajstić information content (AvgIpc) is 2.70. The van der Waals surface area contributed by atoms with Crippen LogP contribution in [0.25, 0.3) is 11.0 Å². The van der Waals surface area contributed by atoms with Crippen molar-refractivity contribution in [3.63, 3.8) is 0 Å². The Bertz CT molecular complexity index is 623. The maximum absolute atomic E-state index is 11.2. The van der Waals surface area contributed by atoms with Crippen molar-refractivity contribution in [1.29, 1.82) is 0 Å². The molecular formula is C11H13N5O2S. The van der Waals surface area contributed by atoms with E-state index in [1.54, 1.807) is 24.4 Å². The van der Waals surface area contributed by atoms with Gasteiger partial charge in [0.15, 0.2) is 5.11 Å². The third kappa shape index (κ3) is 3.38. The van der Waals surface area contributed by atoms with E-state index in [4.69, 9.17) is 12.2 Å². The fourth-order valence-corrected chi connectivity index (χ4v) is 1.72. The molecule has 0 aliphatic heterocycles. The van der Waals surface area contributed by atoms with Crippen LogP contribution >= 0.6 is 12.2 Å². The van der Waals surface area contributed by atoms with Gasteiger partial charge in [-0.3, -0.25) is 10.1 Å². The van der Waals surface area contributed by atoms with Gasteiger partial charge in [-0.15, -0.1) is 0 Å². The van der Waals surface area contributed by atoms with Crippen molar-refractivity contribution in [3.05, 3.63) is 29.0 Å². The Hall–Kier alpha value is -2.22. The molecule has 19 heavy (non-hydrogen) atoms. The van der Waals surface area contributed by atoms with Gasteiger partial charge in [-0.05, 0) is 48.7 Å². The number of nitrogens with zero attached hydrogens (tertiary/aromatic N) is 3. The largest absolute Gasteiger partial charge is 0.359 e. The second-order valence-corrected chi connectivity index (χ2v) is 4.58. The minimum atomic E-state index is 0.239. The van der Waals surface area contributed by atoms with Crippen molar-refractivity contribution in [3.8, 4) is 0 Å². The lowest BCUT2D eigenvalue weighted by molar-refractivity contribution is -0.782. The minimum Gasteiger partial charge on any atom is -0.359 e. The lowest BCUT2D eigenvalue weighted by atomic mass is 10.2. The number of thiocarbonyl (C=S) groups is 1. The summed E-state index contributed by atoms with van der Waals surface area (Å²) < 4.78 is 4.48. The molecule has 1 aromatic heterocycles. The predicted molar refractivity (Wildman–Crippen MR) is 74.6 cm³/mol. The van der Waals surface area contributed by atoms with Gasteiger partial charge in [0.1, 0.15) is 0 Å². The molecule has 0 saturated heterocycles. The Balaban J connectivity index is 2.04. The normalized spacial score (nSPS) is 11.3. The van der Waals surface area contributed by atoms with Crippen LogP contribution in [0.5, 0.6) is 0 Å². The number of hydrazone groups is 1. The number of rotatable bonds is 3. The Morgan fingerprint density at radius 2 is 2.37 bits per heavy atom. The van der Waals surface area contributed by atoms with E-state index < -0.39 is 0 Å². The standard InChI is InChI=1S/C11H13N5O2S/c1-7(2)13-11(19)14-12-6-8-3-4-9-10(5-8)16(17)18-15-9/h3-7H,1-2H3,(H2,13,14,19)/b12-6+. The molecule has 2 aromatic rings. The maximum Gasteiger partial charge on any atom is 0.248 e. The molecule has 2 N–H and O–H groups in total. The second-order valence-electron chi connectivity index (χ2n) is 4.18. The van der Waals surface area contributed by atoms with E-state index >= 15 is 0 Å². The van der Waals surface area contributed by atoms with Gasteiger partial charge < -0.3 is 10.5 Å². The molecule has 2 rings (SSSR count). The molecular weight excluding hydrogens is 266 g/mol. The van der Waals surface area contributed by atoms with Crippen molar-refractivity contribution < 1.29 is 9.53 Å². The lowest BCUT2D eigenvalue weighted by Gasteiger charge is -2.09. The zero-order valence-electron chi connectivity index (χ0n) is 10.5. The van der Waals surface area contributed by atoms with Crippen molar-refractivity contribution in [2.75, 3.05) is 0 Å². The maximum atomic E-state index is 11.2. The summed E-state index contributed by atoms with van der Waals surface area (Å²) >= 11 is 5.01. The topological polar surface area (TPSA) is 89.4 Å². The number of hydrogen-bond donors (Lipinski definition) is 2. The highest BCUT2D eigenvalue weighted by Crippen LogP contribution is 2.08. The van der Waals surface area contributed by atoms with Crippen LogP contribution < -0.4 is 15.6 Å². The van der Waals surface area contributed by atoms with Crippen LogP contribution in [0.1, 0.15) is 19.4 Å². The average molecular weight is 279 g/mol. The second kappa shape index (κ2) is 5.61. The van der Waals surface area contributed by atoms with Gasteiger partial charge in [-0.25, -0.2) is 0 Å². The molecule has 0 amide bonds.